The lowest BCUT2D eigenvalue weighted by atomic mass is 10.2. The Bertz CT molecular complexity index is 845. The van der Waals surface area contributed by atoms with Gasteiger partial charge in [0.05, 0.1) is 26.0 Å². The van der Waals surface area contributed by atoms with Crippen LogP contribution in [0.25, 0.3) is 0 Å². The van der Waals surface area contributed by atoms with Crippen molar-refractivity contribution in [1.29, 1.82) is 0 Å². The van der Waals surface area contributed by atoms with E-state index in [1.807, 2.05) is 54.6 Å². The summed E-state index contributed by atoms with van der Waals surface area (Å²) in [6, 6.07) is 18.9. The predicted molar refractivity (Wildman–Crippen MR) is 95.3 cm³/mol. The van der Waals surface area contributed by atoms with Crippen LogP contribution in [-0.2, 0) is 0 Å². The van der Waals surface area contributed by atoms with Crippen LogP contribution in [0.1, 0.15) is 5.56 Å². The Hall–Kier alpha value is -3.41. The number of benzene rings is 2. The molecule has 0 amide bonds. The monoisotopic (exact) mass is 335 g/mol. The van der Waals surface area contributed by atoms with E-state index in [0.29, 0.717) is 17.5 Å². The normalized spacial score (nSPS) is 10.6. The van der Waals surface area contributed by atoms with Gasteiger partial charge in [-0.15, -0.1) is 0 Å². The predicted octanol–water partition coefficient (Wildman–Crippen LogP) is 4.04. The van der Waals surface area contributed by atoms with Gasteiger partial charge in [-0.25, -0.2) is 0 Å². The fraction of sp³-hybridized carbons (Fsp3) is 0.105. The average Bonchev–Trinajstić information content (AvgIpc) is 2.67. The minimum absolute atomic E-state index is 0.136. The molecule has 0 unspecified atom stereocenters. The smallest absolute Gasteiger partial charge is 0.328 e. The van der Waals surface area contributed by atoms with Gasteiger partial charge in [0.15, 0.2) is 0 Å². The quantitative estimate of drug-likeness (QED) is 0.636. The summed E-state index contributed by atoms with van der Waals surface area (Å²) in [5.74, 6) is 1.30. The van der Waals surface area contributed by atoms with E-state index in [9.17, 15) is 0 Å². The van der Waals surface area contributed by atoms with Crippen LogP contribution in [0, 0.1) is 0 Å². The maximum atomic E-state index is 5.81. The van der Waals surface area contributed by atoms with Crippen molar-refractivity contribution >= 4 is 11.9 Å². The second kappa shape index (κ2) is 7.92. The first-order chi connectivity index (χ1) is 12.3. The number of aliphatic imine (C=N–C) groups is 1. The van der Waals surface area contributed by atoms with Crippen molar-refractivity contribution in [3.05, 3.63) is 66.2 Å². The van der Waals surface area contributed by atoms with E-state index in [4.69, 9.17) is 14.2 Å². The molecule has 0 radical (unpaired) electrons. The second-order valence-corrected chi connectivity index (χ2v) is 4.97. The summed E-state index contributed by atoms with van der Waals surface area (Å²) >= 11 is 0. The lowest BCUT2D eigenvalue weighted by Gasteiger charge is -2.09. The zero-order valence-electron chi connectivity index (χ0n) is 13.9. The Morgan fingerprint density at radius 1 is 0.840 bits per heavy atom. The zero-order chi connectivity index (χ0) is 17.5. The summed E-state index contributed by atoms with van der Waals surface area (Å²) in [5, 5.41) is 0. The number of aromatic nitrogens is 2. The van der Waals surface area contributed by atoms with Crippen molar-refractivity contribution in [3.8, 4) is 23.5 Å². The first-order valence-corrected chi connectivity index (χ1v) is 7.61. The first-order valence-electron chi connectivity index (χ1n) is 7.61. The van der Waals surface area contributed by atoms with Crippen LogP contribution in [0.15, 0.2) is 65.7 Å². The summed E-state index contributed by atoms with van der Waals surface area (Å²) < 4.78 is 16.1. The lowest BCUT2D eigenvalue weighted by molar-refractivity contribution is 0.348. The van der Waals surface area contributed by atoms with Gasteiger partial charge in [-0.1, -0.05) is 30.3 Å². The molecule has 6 heteroatoms. The van der Waals surface area contributed by atoms with E-state index >= 15 is 0 Å². The van der Waals surface area contributed by atoms with Crippen molar-refractivity contribution < 1.29 is 14.2 Å². The van der Waals surface area contributed by atoms with E-state index < -0.39 is 0 Å². The number of hydrogen-bond donors (Lipinski definition) is 0. The first kappa shape index (κ1) is 16.4. The molecule has 0 aliphatic rings. The van der Waals surface area contributed by atoms with Gasteiger partial charge in [0.25, 0.3) is 0 Å². The fourth-order valence-electron chi connectivity index (χ4n) is 2.08. The maximum Gasteiger partial charge on any atom is 0.328 e. The molecule has 25 heavy (non-hydrogen) atoms. The lowest BCUT2D eigenvalue weighted by Crippen LogP contribution is -1.99. The summed E-state index contributed by atoms with van der Waals surface area (Å²) in [7, 11) is 3.04. The standard InChI is InChI=1S/C19H17N3O3/c1-23-17-12-18(24-2)22-19(21-17)25-16-11-7-6-8-14(16)13-20-15-9-4-3-5-10-15/h3-13H,1-2H3. The maximum absolute atomic E-state index is 5.81. The van der Waals surface area contributed by atoms with Crippen LogP contribution in [0.5, 0.6) is 23.5 Å². The molecule has 126 valence electrons. The van der Waals surface area contributed by atoms with Gasteiger partial charge in [-0.3, -0.25) is 4.99 Å². The molecule has 0 bridgehead atoms. The molecule has 0 saturated heterocycles. The summed E-state index contributed by atoms with van der Waals surface area (Å²) in [6.45, 7) is 0. The van der Waals surface area contributed by atoms with Crippen molar-refractivity contribution in [2.45, 2.75) is 0 Å². The summed E-state index contributed by atoms with van der Waals surface area (Å²) in [5.41, 5.74) is 1.66. The van der Waals surface area contributed by atoms with Crippen LogP contribution in [0.3, 0.4) is 0 Å². The fourth-order valence-corrected chi connectivity index (χ4v) is 2.08. The van der Waals surface area contributed by atoms with E-state index in [2.05, 4.69) is 15.0 Å². The summed E-state index contributed by atoms with van der Waals surface area (Å²) in [4.78, 5) is 12.8. The van der Waals surface area contributed by atoms with Gasteiger partial charge >= 0.3 is 6.01 Å². The number of methoxy groups -OCH3 is 2. The van der Waals surface area contributed by atoms with Crippen molar-refractivity contribution in [2.24, 2.45) is 4.99 Å². The zero-order valence-corrected chi connectivity index (χ0v) is 13.9. The molecule has 3 aromatic rings. The van der Waals surface area contributed by atoms with Crippen molar-refractivity contribution in [1.82, 2.24) is 9.97 Å². The van der Waals surface area contributed by atoms with Gasteiger partial charge in [-0.2, -0.15) is 9.97 Å². The molecule has 0 atom stereocenters. The molecule has 1 aromatic heterocycles. The van der Waals surface area contributed by atoms with E-state index in [1.54, 1.807) is 12.3 Å². The van der Waals surface area contributed by atoms with Gasteiger partial charge in [-0.05, 0) is 24.3 Å². The topological polar surface area (TPSA) is 65.8 Å². The number of hydrogen-bond acceptors (Lipinski definition) is 6. The van der Waals surface area contributed by atoms with Crippen LogP contribution in [0.2, 0.25) is 0 Å². The average molecular weight is 335 g/mol. The Balaban J connectivity index is 1.88. The molecule has 1 heterocycles. The van der Waals surface area contributed by atoms with E-state index in [0.717, 1.165) is 11.3 Å². The summed E-state index contributed by atoms with van der Waals surface area (Å²) in [6.07, 6.45) is 1.74. The second-order valence-electron chi connectivity index (χ2n) is 4.97. The third-order valence-corrected chi connectivity index (χ3v) is 3.31. The largest absolute Gasteiger partial charge is 0.481 e. The highest BCUT2D eigenvalue weighted by Crippen LogP contribution is 2.26. The molecule has 0 saturated carbocycles. The third kappa shape index (κ3) is 4.32. The number of para-hydroxylation sites is 2. The molecular formula is C19H17N3O3. The molecule has 0 spiro atoms. The number of ether oxygens (including phenoxy) is 3. The van der Waals surface area contributed by atoms with Crippen LogP contribution < -0.4 is 14.2 Å². The van der Waals surface area contributed by atoms with E-state index in [1.165, 1.54) is 14.2 Å². The van der Waals surface area contributed by atoms with Gasteiger partial charge in [0.2, 0.25) is 11.8 Å². The highest BCUT2D eigenvalue weighted by Gasteiger charge is 2.09. The van der Waals surface area contributed by atoms with E-state index in [-0.39, 0.29) is 6.01 Å². The Morgan fingerprint density at radius 2 is 1.48 bits per heavy atom. The highest BCUT2D eigenvalue weighted by atomic mass is 16.5. The van der Waals surface area contributed by atoms with Crippen LogP contribution in [-0.4, -0.2) is 30.4 Å². The molecule has 0 aliphatic heterocycles. The van der Waals surface area contributed by atoms with Crippen molar-refractivity contribution in [2.75, 3.05) is 14.2 Å². The molecular weight excluding hydrogens is 318 g/mol. The Labute approximate surface area is 145 Å². The molecule has 0 fully saturated rings. The molecule has 0 N–H and O–H groups in total. The third-order valence-electron chi connectivity index (χ3n) is 3.31. The Kier molecular flexibility index (Phi) is 5.21. The van der Waals surface area contributed by atoms with Gasteiger partial charge < -0.3 is 14.2 Å². The minimum atomic E-state index is 0.136. The molecule has 0 aliphatic carbocycles. The Morgan fingerprint density at radius 3 is 2.16 bits per heavy atom. The number of nitrogens with zero attached hydrogens (tertiary/aromatic N) is 3. The minimum Gasteiger partial charge on any atom is -0.481 e. The molecule has 2 aromatic carbocycles. The van der Waals surface area contributed by atoms with Gasteiger partial charge in [0, 0.05) is 11.8 Å². The van der Waals surface area contributed by atoms with Crippen LogP contribution >= 0.6 is 0 Å². The van der Waals surface area contributed by atoms with Crippen molar-refractivity contribution in [3.63, 3.8) is 0 Å². The SMILES string of the molecule is COc1cc(OC)nc(Oc2ccccc2C=Nc2ccccc2)n1. The molecule has 3 rings (SSSR count). The van der Waals surface area contributed by atoms with Crippen LogP contribution in [0.4, 0.5) is 5.69 Å². The number of rotatable bonds is 6. The molecule has 6 nitrogen and oxygen atoms in total. The van der Waals surface area contributed by atoms with Gasteiger partial charge in [0.1, 0.15) is 5.75 Å². The highest BCUT2D eigenvalue weighted by molar-refractivity contribution is 5.85.